The zero-order valence-corrected chi connectivity index (χ0v) is 25.3. The van der Waals surface area contributed by atoms with Gasteiger partial charge in [0.1, 0.15) is 0 Å². The number of rotatable bonds is 2. The Morgan fingerprint density at radius 2 is 1.11 bits per heavy atom. The lowest BCUT2D eigenvalue weighted by Crippen LogP contribution is -2.04. The van der Waals surface area contributed by atoms with Crippen molar-refractivity contribution in [2.45, 2.75) is 0 Å². The normalized spacial score (nSPS) is 12.3. The van der Waals surface area contributed by atoms with Crippen molar-refractivity contribution in [2.24, 2.45) is 0 Å². The van der Waals surface area contributed by atoms with E-state index in [0.717, 1.165) is 27.7 Å². The average Bonchev–Trinajstić information content (AvgIpc) is 3.64. The maximum absolute atomic E-state index is 5.43. The lowest BCUT2D eigenvalue weighted by molar-refractivity contribution is 1.02. The van der Waals surface area contributed by atoms with Crippen LogP contribution in [0.1, 0.15) is 0 Å². The van der Waals surface area contributed by atoms with Gasteiger partial charge in [-0.15, -0.1) is 11.3 Å². The van der Waals surface area contributed by atoms with E-state index in [1.807, 2.05) is 11.3 Å². The lowest BCUT2D eigenvalue weighted by Gasteiger charge is -2.15. The number of aromatic nitrogens is 3. The predicted molar refractivity (Wildman–Crippen MR) is 194 cm³/mol. The molecule has 46 heavy (non-hydrogen) atoms. The van der Waals surface area contributed by atoms with Crippen molar-refractivity contribution < 1.29 is 0 Å². The number of hydrogen-bond acceptors (Lipinski definition) is 3. The van der Waals surface area contributed by atoms with Crippen LogP contribution in [0, 0.1) is 0 Å². The molecule has 0 atom stereocenters. The van der Waals surface area contributed by atoms with E-state index in [1.54, 1.807) is 0 Å². The van der Waals surface area contributed by atoms with Crippen molar-refractivity contribution in [3.8, 4) is 39.5 Å². The van der Waals surface area contributed by atoms with Gasteiger partial charge in [0, 0.05) is 52.7 Å². The summed E-state index contributed by atoms with van der Waals surface area (Å²) in [7, 11) is 0. The first-order valence-electron chi connectivity index (χ1n) is 15.6. The highest BCUT2D eigenvalue weighted by molar-refractivity contribution is 7.27. The van der Waals surface area contributed by atoms with E-state index in [2.05, 4.69) is 144 Å². The Balaban J connectivity index is 1.44. The van der Waals surface area contributed by atoms with Crippen LogP contribution in [-0.4, -0.2) is 14.5 Å². The van der Waals surface area contributed by atoms with Crippen molar-refractivity contribution >= 4 is 75.0 Å². The summed E-state index contributed by atoms with van der Waals surface area (Å²) in [6.07, 6.45) is 0. The fourth-order valence-corrected chi connectivity index (χ4v) is 9.13. The second kappa shape index (κ2) is 8.87. The van der Waals surface area contributed by atoms with E-state index in [1.165, 1.54) is 69.5 Å². The summed E-state index contributed by atoms with van der Waals surface area (Å²) in [5.41, 5.74) is 10.3. The van der Waals surface area contributed by atoms with E-state index < -0.39 is 0 Å². The third kappa shape index (κ3) is 3.06. The number of nitrogens with zero attached hydrogens (tertiary/aromatic N) is 3. The van der Waals surface area contributed by atoms with Gasteiger partial charge < -0.3 is 0 Å². The molecule has 1 aliphatic rings. The van der Waals surface area contributed by atoms with Gasteiger partial charge in [-0.3, -0.25) is 4.57 Å². The SMILES string of the molecule is c1ccc(-c2nc(-n3c4cccc5c4c4c6c(cccc6c6sc7ccccc7c6c43)-c3ccccc3-5)nc3ccccc23)cc1. The first kappa shape index (κ1) is 24.5. The molecule has 0 aliphatic heterocycles. The van der Waals surface area contributed by atoms with Crippen molar-refractivity contribution in [3.63, 3.8) is 0 Å². The molecule has 1 aliphatic carbocycles. The largest absolute Gasteiger partial charge is 0.277 e. The van der Waals surface area contributed by atoms with Gasteiger partial charge in [-0.2, -0.15) is 0 Å². The minimum absolute atomic E-state index is 0.692. The Morgan fingerprint density at radius 3 is 1.96 bits per heavy atom. The zero-order chi connectivity index (χ0) is 29.9. The summed E-state index contributed by atoms with van der Waals surface area (Å²) in [5, 5.41) is 8.74. The molecule has 3 nitrogen and oxygen atoms in total. The molecule has 0 spiro atoms. The van der Waals surface area contributed by atoms with Crippen molar-refractivity contribution in [1.82, 2.24) is 14.5 Å². The number of fused-ring (bicyclic) bond motifs is 9. The Hall–Kier alpha value is -5.84. The lowest BCUT2D eigenvalue weighted by atomic mass is 9.93. The number of para-hydroxylation sites is 1. The summed E-state index contributed by atoms with van der Waals surface area (Å²) in [5.74, 6) is 0.692. The van der Waals surface area contributed by atoms with Crippen molar-refractivity contribution in [2.75, 3.05) is 0 Å². The number of hydrogen-bond donors (Lipinski definition) is 0. The highest BCUT2D eigenvalue weighted by atomic mass is 32.1. The van der Waals surface area contributed by atoms with E-state index in [4.69, 9.17) is 9.97 Å². The third-order valence-electron chi connectivity index (χ3n) is 9.73. The molecule has 7 aromatic carbocycles. The quantitative estimate of drug-likeness (QED) is 0.197. The third-order valence-corrected chi connectivity index (χ3v) is 10.9. The van der Waals surface area contributed by atoms with E-state index in [-0.39, 0.29) is 0 Å². The molecule has 0 radical (unpaired) electrons. The van der Waals surface area contributed by atoms with Crippen LogP contribution in [0.5, 0.6) is 0 Å². The Morgan fingerprint density at radius 1 is 0.457 bits per heavy atom. The molecular weight excluding hydrogens is 579 g/mol. The van der Waals surface area contributed by atoms with E-state index in [0.29, 0.717) is 5.95 Å². The predicted octanol–water partition coefficient (Wildman–Crippen LogP) is 11.6. The minimum Gasteiger partial charge on any atom is -0.277 e. The van der Waals surface area contributed by atoms with Crippen LogP contribution in [0.4, 0.5) is 0 Å². The van der Waals surface area contributed by atoms with Crippen LogP contribution < -0.4 is 0 Å². The second-order valence-electron chi connectivity index (χ2n) is 12.1. The van der Waals surface area contributed by atoms with Crippen LogP contribution in [0.2, 0.25) is 0 Å². The number of thiophene rings is 1. The molecule has 0 unspecified atom stereocenters. The van der Waals surface area contributed by atoms with Gasteiger partial charge >= 0.3 is 0 Å². The molecule has 0 bridgehead atoms. The van der Waals surface area contributed by atoms with Gasteiger partial charge in [-0.05, 0) is 40.5 Å². The Bertz CT molecular complexity index is 2910. The van der Waals surface area contributed by atoms with Crippen molar-refractivity contribution in [1.29, 1.82) is 0 Å². The topological polar surface area (TPSA) is 30.7 Å². The molecule has 0 saturated carbocycles. The van der Waals surface area contributed by atoms with E-state index >= 15 is 0 Å². The minimum atomic E-state index is 0.692. The molecule has 11 rings (SSSR count). The maximum Gasteiger partial charge on any atom is 0.235 e. The van der Waals surface area contributed by atoms with Gasteiger partial charge in [0.15, 0.2) is 0 Å². The summed E-state index contributed by atoms with van der Waals surface area (Å²) in [6.45, 7) is 0. The van der Waals surface area contributed by atoms with E-state index in [9.17, 15) is 0 Å². The first-order chi connectivity index (χ1) is 22.8. The highest BCUT2D eigenvalue weighted by Crippen LogP contribution is 2.54. The molecule has 0 fully saturated rings. The molecular formula is C42H23N3S. The summed E-state index contributed by atoms with van der Waals surface area (Å²) in [6, 6.07) is 50.2. The maximum atomic E-state index is 5.43. The zero-order valence-electron chi connectivity index (χ0n) is 24.5. The van der Waals surface area contributed by atoms with Crippen molar-refractivity contribution in [3.05, 3.63) is 140 Å². The molecule has 10 aromatic rings. The smallest absolute Gasteiger partial charge is 0.235 e. The Kier molecular flexibility index (Phi) is 4.72. The molecule has 212 valence electrons. The van der Waals surface area contributed by atoms with Crippen LogP contribution in [0.15, 0.2) is 140 Å². The molecule has 3 aromatic heterocycles. The fraction of sp³-hybridized carbons (Fsp3) is 0. The first-order valence-corrected chi connectivity index (χ1v) is 16.4. The molecule has 0 saturated heterocycles. The monoisotopic (exact) mass is 601 g/mol. The fourth-order valence-electron chi connectivity index (χ4n) is 7.89. The Labute approximate surface area is 267 Å². The average molecular weight is 602 g/mol. The van der Waals surface area contributed by atoms with Gasteiger partial charge in [-0.25, -0.2) is 9.97 Å². The van der Waals surface area contributed by atoms with Crippen LogP contribution in [0.3, 0.4) is 0 Å². The van der Waals surface area contributed by atoms with Gasteiger partial charge in [0.2, 0.25) is 5.95 Å². The number of benzene rings is 7. The molecule has 0 N–H and O–H groups in total. The summed E-state index contributed by atoms with van der Waals surface area (Å²) in [4.78, 5) is 10.8. The second-order valence-corrected chi connectivity index (χ2v) is 13.1. The van der Waals surface area contributed by atoms with Crippen LogP contribution in [-0.2, 0) is 0 Å². The van der Waals surface area contributed by atoms with Gasteiger partial charge in [0.05, 0.1) is 22.2 Å². The van der Waals surface area contributed by atoms with Gasteiger partial charge in [0.25, 0.3) is 0 Å². The van der Waals surface area contributed by atoms with Gasteiger partial charge in [-0.1, -0.05) is 121 Å². The molecule has 0 amide bonds. The van der Waals surface area contributed by atoms with Crippen LogP contribution >= 0.6 is 11.3 Å². The standard InChI is InChI=1S/C42H23N3S/c1-2-12-24(13-3-1)39-29-16-6-8-21-32(29)43-42(44-39)45-33-22-11-19-28-26-15-5-4-14-25(26)27-18-10-20-31-35(27)38(36(28)33)40(45)37-30-17-7-9-23-34(30)46-41(31)37/h1-23H. The molecule has 4 heteroatoms. The summed E-state index contributed by atoms with van der Waals surface area (Å²) >= 11 is 1.89. The summed E-state index contributed by atoms with van der Waals surface area (Å²) < 4.78 is 4.95. The molecule has 3 heterocycles. The van der Waals surface area contributed by atoms with Crippen LogP contribution in [0.25, 0.3) is 103 Å². The highest BCUT2D eigenvalue weighted by Gasteiger charge is 2.29.